The summed E-state index contributed by atoms with van der Waals surface area (Å²) in [7, 11) is 0. The molecule has 0 heterocycles. The van der Waals surface area contributed by atoms with Gasteiger partial charge in [0.2, 0.25) is 0 Å². The summed E-state index contributed by atoms with van der Waals surface area (Å²) in [6, 6.07) is 8.72. The number of aliphatic carboxylic acids is 2. The fourth-order valence-corrected chi connectivity index (χ4v) is 1.25. The zero-order chi connectivity index (χ0) is 11.5. The molecular formula is C11H14KLiO4. The number of carboxylic acids is 2. The van der Waals surface area contributed by atoms with Crippen molar-refractivity contribution in [2.45, 2.75) is 13.3 Å². The second kappa shape index (κ2) is 8.49. The molecule has 0 saturated heterocycles. The molecular weight excluding hydrogens is 242 g/mol. The van der Waals surface area contributed by atoms with Crippen LogP contribution in [0.15, 0.2) is 30.3 Å². The minimum absolute atomic E-state index is 0. The molecule has 0 saturated carbocycles. The van der Waals surface area contributed by atoms with Gasteiger partial charge in [0, 0.05) is 0 Å². The van der Waals surface area contributed by atoms with Crippen LogP contribution in [0.4, 0.5) is 0 Å². The van der Waals surface area contributed by atoms with E-state index >= 15 is 0 Å². The monoisotopic (exact) mass is 256 g/mol. The van der Waals surface area contributed by atoms with Crippen molar-refractivity contribution in [3.8, 4) is 0 Å². The number of benzene rings is 1. The van der Waals surface area contributed by atoms with Crippen LogP contribution in [0.2, 0.25) is 0 Å². The zero-order valence-corrected chi connectivity index (χ0v) is 8.30. The molecule has 0 unspecified atom stereocenters. The number of carboxylic acid groups (broad SMARTS) is 2. The van der Waals surface area contributed by atoms with Gasteiger partial charge in [0.25, 0.3) is 0 Å². The van der Waals surface area contributed by atoms with Crippen LogP contribution in [0.1, 0.15) is 12.5 Å². The second-order valence-corrected chi connectivity index (χ2v) is 3.60. The summed E-state index contributed by atoms with van der Waals surface area (Å²) in [5.74, 6) is -2.64. The summed E-state index contributed by atoms with van der Waals surface area (Å²) >= 11 is 0. The Hall–Kier alpha value is 0.394. The van der Waals surface area contributed by atoms with E-state index in [0.29, 0.717) is 5.56 Å². The van der Waals surface area contributed by atoms with Crippen molar-refractivity contribution in [1.29, 1.82) is 0 Å². The van der Waals surface area contributed by atoms with Gasteiger partial charge in [-0.05, 0) is 18.9 Å². The zero-order valence-electron chi connectivity index (χ0n) is 8.30. The molecule has 0 aliphatic heterocycles. The van der Waals surface area contributed by atoms with E-state index in [1.807, 2.05) is 0 Å². The molecule has 0 radical (unpaired) electrons. The van der Waals surface area contributed by atoms with Gasteiger partial charge >= 0.3 is 82.2 Å². The number of hydrogen-bond acceptors (Lipinski definition) is 2. The van der Waals surface area contributed by atoms with Gasteiger partial charge in [-0.3, -0.25) is 9.59 Å². The summed E-state index contributed by atoms with van der Waals surface area (Å²) in [5.41, 5.74) is -1.06. The average molecular weight is 256 g/mol. The van der Waals surface area contributed by atoms with Crippen LogP contribution in [-0.2, 0) is 16.0 Å². The Labute approximate surface area is 154 Å². The standard InChI is InChI=1S/C11H12O4.K.Li.2H/c1-11(9(12)13,10(14)15)7-8-5-3-2-4-6-8;;;;/h2-6H,7H2,1H3,(H,12,13)(H,14,15);;;;. The summed E-state index contributed by atoms with van der Waals surface area (Å²) in [5, 5.41) is 17.8. The van der Waals surface area contributed by atoms with Crippen LogP contribution < -0.4 is 0 Å². The van der Waals surface area contributed by atoms with Crippen LogP contribution in [-0.4, -0.2) is 92.4 Å². The van der Waals surface area contributed by atoms with Crippen molar-refractivity contribution < 1.29 is 19.8 Å². The van der Waals surface area contributed by atoms with Crippen molar-refractivity contribution in [1.82, 2.24) is 0 Å². The maximum atomic E-state index is 10.9. The van der Waals surface area contributed by atoms with Gasteiger partial charge in [-0.2, -0.15) is 0 Å². The fourth-order valence-electron chi connectivity index (χ4n) is 1.25. The molecule has 1 aromatic rings. The average Bonchev–Trinajstić information content (AvgIpc) is 2.18. The van der Waals surface area contributed by atoms with E-state index in [-0.39, 0.29) is 76.7 Å². The Morgan fingerprint density at radius 1 is 1.12 bits per heavy atom. The molecule has 1 rings (SSSR count). The van der Waals surface area contributed by atoms with Crippen LogP contribution in [0, 0.1) is 5.41 Å². The quantitative estimate of drug-likeness (QED) is 0.592. The van der Waals surface area contributed by atoms with Crippen LogP contribution in [0.3, 0.4) is 0 Å². The van der Waals surface area contributed by atoms with E-state index in [2.05, 4.69) is 0 Å². The first kappa shape index (κ1) is 19.7. The minimum atomic E-state index is -1.76. The molecule has 0 bridgehead atoms. The van der Waals surface area contributed by atoms with E-state index in [1.165, 1.54) is 6.92 Å². The van der Waals surface area contributed by atoms with Gasteiger partial charge < -0.3 is 10.2 Å². The molecule has 0 aliphatic rings. The topological polar surface area (TPSA) is 74.6 Å². The third-order valence-corrected chi connectivity index (χ3v) is 2.34. The van der Waals surface area contributed by atoms with Crippen molar-refractivity contribution in [2.24, 2.45) is 5.41 Å². The molecule has 0 amide bonds. The van der Waals surface area contributed by atoms with Gasteiger partial charge in [0.15, 0.2) is 5.41 Å². The number of rotatable bonds is 4. The molecule has 17 heavy (non-hydrogen) atoms. The predicted molar refractivity (Wildman–Crippen MR) is 67.8 cm³/mol. The van der Waals surface area contributed by atoms with Gasteiger partial charge in [-0.25, -0.2) is 0 Å². The first-order valence-electron chi connectivity index (χ1n) is 4.47. The number of hydrogen-bond donors (Lipinski definition) is 2. The van der Waals surface area contributed by atoms with E-state index in [4.69, 9.17) is 10.2 Å². The van der Waals surface area contributed by atoms with Crippen LogP contribution >= 0.6 is 0 Å². The molecule has 0 aromatic heterocycles. The third kappa shape index (κ3) is 5.27. The van der Waals surface area contributed by atoms with E-state index in [0.717, 1.165) is 0 Å². The fraction of sp³-hybridized carbons (Fsp3) is 0.273. The Kier molecular flexibility index (Phi) is 9.85. The summed E-state index contributed by atoms with van der Waals surface area (Å²) in [6.07, 6.45) is -0.0154. The van der Waals surface area contributed by atoms with Crippen molar-refractivity contribution in [2.75, 3.05) is 0 Å². The van der Waals surface area contributed by atoms with Crippen molar-refractivity contribution in [3.63, 3.8) is 0 Å². The molecule has 0 aliphatic carbocycles. The maximum absolute atomic E-state index is 10.9. The third-order valence-electron chi connectivity index (χ3n) is 2.34. The summed E-state index contributed by atoms with van der Waals surface area (Å²) in [4.78, 5) is 21.8. The summed E-state index contributed by atoms with van der Waals surface area (Å²) < 4.78 is 0. The van der Waals surface area contributed by atoms with Gasteiger partial charge in [-0.15, -0.1) is 0 Å². The van der Waals surface area contributed by atoms with Crippen molar-refractivity contribution in [3.05, 3.63) is 35.9 Å². The Bertz CT molecular complexity index is 366. The van der Waals surface area contributed by atoms with Crippen molar-refractivity contribution >= 4 is 82.2 Å². The SMILES string of the molecule is CC(Cc1ccccc1)(C(=O)O)C(=O)O.[KH].[LiH]. The van der Waals surface area contributed by atoms with Gasteiger partial charge in [0.1, 0.15) is 0 Å². The molecule has 0 spiro atoms. The Morgan fingerprint density at radius 3 is 1.88 bits per heavy atom. The first-order chi connectivity index (χ1) is 6.97. The van der Waals surface area contributed by atoms with Gasteiger partial charge in [-0.1, -0.05) is 30.3 Å². The van der Waals surface area contributed by atoms with Crippen LogP contribution in [0.25, 0.3) is 0 Å². The Morgan fingerprint density at radius 2 is 1.53 bits per heavy atom. The van der Waals surface area contributed by atoms with Gasteiger partial charge in [0.05, 0.1) is 0 Å². The molecule has 84 valence electrons. The number of carbonyl (C=O) groups is 2. The summed E-state index contributed by atoms with van der Waals surface area (Å²) in [6.45, 7) is 1.21. The normalized spacial score (nSPS) is 9.71. The van der Waals surface area contributed by atoms with E-state index in [1.54, 1.807) is 30.3 Å². The molecule has 4 nitrogen and oxygen atoms in total. The van der Waals surface area contributed by atoms with E-state index < -0.39 is 17.4 Å². The van der Waals surface area contributed by atoms with Crippen LogP contribution in [0.5, 0.6) is 0 Å². The predicted octanol–water partition coefficient (Wildman–Crippen LogP) is 0.108. The molecule has 2 N–H and O–H groups in total. The second-order valence-electron chi connectivity index (χ2n) is 3.60. The molecule has 6 heteroatoms. The molecule has 0 fully saturated rings. The molecule has 1 aromatic carbocycles. The molecule has 0 atom stereocenters. The Balaban J connectivity index is 0. The first-order valence-corrected chi connectivity index (χ1v) is 4.47. The van der Waals surface area contributed by atoms with E-state index in [9.17, 15) is 9.59 Å².